The molecule has 1 fully saturated rings. The van der Waals surface area contributed by atoms with Gasteiger partial charge in [-0.05, 0) is 32.3 Å². The molecule has 9 heteroatoms. The van der Waals surface area contributed by atoms with Crippen LogP contribution in [0.15, 0.2) is 49.3 Å². The summed E-state index contributed by atoms with van der Waals surface area (Å²) in [7, 11) is 4.04. The molecule has 0 bridgehead atoms. The predicted octanol–water partition coefficient (Wildman–Crippen LogP) is 0.486. The third-order valence-electron chi connectivity index (χ3n) is 4.77. The number of carbonyl (C=O) groups excluding carboxylic acids is 1. The summed E-state index contributed by atoms with van der Waals surface area (Å²) in [6, 6.07) is 7.68. The second kappa shape index (κ2) is 6.68. The van der Waals surface area contributed by atoms with E-state index < -0.39 is 0 Å². The van der Waals surface area contributed by atoms with E-state index in [1.807, 2.05) is 54.1 Å². The second-order valence-corrected chi connectivity index (χ2v) is 6.58. The molecule has 3 aromatic rings. The van der Waals surface area contributed by atoms with Crippen LogP contribution >= 0.6 is 0 Å². The number of amides is 1. The van der Waals surface area contributed by atoms with Crippen molar-refractivity contribution in [2.24, 2.45) is 0 Å². The van der Waals surface area contributed by atoms with Crippen molar-refractivity contribution in [1.29, 1.82) is 0 Å². The smallest absolute Gasteiger partial charge is 0.254 e. The Kier molecular flexibility index (Phi) is 4.21. The standard InChI is InChI=1S/C17H20N8O/c1-22(2)15-9-23(10-16(15)24-7-6-19-21-24)17(26)13-4-3-5-14(8-13)25-12-18-11-20-25/h3-8,11-12,15-16H,9-10H2,1-2H3/t15-,16+/m1/s1. The van der Waals surface area contributed by atoms with Gasteiger partial charge in [0.05, 0.1) is 24.0 Å². The molecular weight excluding hydrogens is 332 g/mol. The van der Waals surface area contributed by atoms with Crippen molar-refractivity contribution in [3.8, 4) is 5.69 Å². The van der Waals surface area contributed by atoms with Crippen molar-refractivity contribution in [3.05, 3.63) is 54.9 Å². The van der Waals surface area contributed by atoms with Gasteiger partial charge in [-0.15, -0.1) is 5.10 Å². The van der Waals surface area contributed by atoms with E-state index in [9.17, 15) is 4.79 Å². The van der Waals surface area contributed by atoms with Gasteiger partial charge in [-0.25, -0.2) is 14.3 Å². The monoisotopic (exact) mass is 352 g/mol. The Balaban J connectivity index is 1.58. The number of nitrogens with zero attached hydrogens (tertiary/aromatic N) is 8. The van der Waals surface area contributed by atoms with Crippen LogP contribution in [-0.4, -0.2) is 78.7 Å². The van der Waals surface area contributed by atoms with E-state index in [1.54, 1.807) is 17.2 Å². The summed E-state index contributed by atoms with van der Waals surface area (Å²) in [5.41, 5.74) is 1.44. The lowest BCUT2D eigenvalue weighted by Gasteiger charge is -2.24. The van der Waals surface area contributed by atoms with E-state index in [0.717, 1.165) is 5.69 Å². The number of rotatable bonds is 4. The summed E-state index contributed by atoms with van der Waals surface area (Å²) < 4.78 is 3.48. The number of likely N-dealkylation sites (tertiary alicyclic amines) is 1. The lowest BCUT2D eigenvalue weighted by Crippen LogP contribution is -2.37. The maximum atomic E-state index is 13.1. The zero-order valence-corrected chi connectivity index (χ0v) is 14.7. The van der Waals surface area contributed by atoms with E-state index in [0.29, 0.717) is 18.7 Å². The van der Waals surface area contributed by atoms with Gasteiger partial charge >= 0.3 is 0 Å². The molecule has 1 aliphatic rings. The van der Waals surface area contributed by atoms with Gasteiger partial charge in [0.25, 0.3) is 5.91 Å². The van der Waals surface area contributed by atoms with Crippen molar-refractivity contribution in [1.82, 2.24) is 39.6 Å². The molecule has 2 atom stereocenters. The Morgan fingerprint density at radius 3 is 2.85 bits per heavy atom. The van der Waals surface area contributed by atoms with Crippen molar-refractivity contribution < 1.29 is 4.79 Å². The van der Waals surface area contributed by atoms with Gasteiger partial charge in [-0.2, -0.15) is 5.10 Å². The highest BCUT2D eigenvalue weighted by atomic mass is 16.2. The number of hydrogen-bond donors (Lipinski definition) is 0. The SMILES string of the molecule is CN(C)[C@@H]1CN(C(=O)c2cccc(-n3cncn3)c2)C[C@@H]1n1ccnn1. The highest BCUT2D eigenvalue weighted by Gasteiger charge is 2.38. The molecule has 0 aliphatic carbocycles. The molecule has 2 aromatic heterocycles. The Bertz CT molecular complexity index is 874. The number of carbonyl (C=O) groups is 1. The summed E-state index contributed by atoms with van der Waals surface area (Å²) in [4.78, 5) is 21.0. The van der Waals surface area contributed by atoms with Gasteiger partial charge in [-0.3, -0.25) is 4.79 Å². The summed E-state index contributed by atoms with van der Waals surface area (Å²) in [6.07, 6.45) is 6.60. The minimum atomic E-state index is 0.00132. The van der Waals surface area contributed by atoms with Gasteiger partial charge in [0, 0.05) is 24.8 Å². The molecule has 1 amide bonds. The van der Waals surface area contributed by atoms with Gasteiger partial charge in [0.15, 0.2) is 0 Å². The van der Waals surface area contributed by atoms with E-state index in [4.69, 9.17) is 0 Å². The zero-order valence-electron chi connectivity index (χ0n) is 14.7. The van der Waals surface area contributed by atoms with E-state index >= 15 is 0 Å². The van der Waals surface area contributed by atoms with Crippen molar-refractivity contribution in [2.75, 3.05) is 27.2 Å². The molecule has 1 aliphatic heterocycles. The topological polar surface area (TPSA) is 85.0 Å². The summed E-state index contributed by atoms with van der Waals surface area (Å²) in [5.74, 6) is 0.00132. The average molecular weight is 352 g/mol. The van der Waals surface area contributed by atoms with Crippen LogP contribution < -0.4 is 0 Å². The normalized spacial score (nSPS) is 20.0. The van der Waals surface area contributed by atoms with Crippen LogP contribution in [0.25, 0.3) is 5.69 Å². The van der Waals surface area contributed by atoms with E-state index in [2.05, 4.69) is 25.3 Å². The fraction of sp³-hybridized carbons (Fsp3) is 0.353. The first-order chi connectivity index (χ1) is 12.6. The Hall–Kier alpha value is -3.07. The Morgan fingerprint density at radius 1 is 1.27 bits per heavy atom. The van der Waals surface area contributed by atoms with Crippen LogP contribution in [0, 0.1) is 0 Å². The average Bonchev–Trinajstić information content (AvgIpc) is 3.42. The molecule has 1 aromatic carbocycles. The highest BCUT2D eigenvalue weighted by molar-refractivity contribution is 5.95. The molecule has 26 heavy (non-hydrogen) atoms. The van der Waals surface area contributed by atoms with Gasteiger partial charge < -0.3 is 9.80 Å². The van der Waals surface area contributed by atoms with Crippen LogP contribution in [0.2, 0.25) is 0 Å². The summed E-state index contributed by atoms with van der Waals surface area (Å²) in [6.45, 7) is 1.24. The van der Waals surface area contributed by atoms with Gasteiger partial charge in [0.2, 0.25) is 0 Å². The van der Waals surface area contributed by atoms with E-state index in [1.165, 1.54) is 6.33 Å². The summed E-state index contributed by atoms with van der Waals surface area (Å²) in [5, 5.41) is 12.2. The van der Waals surface area contributed by atoms with E-state index in [-0.39, 0.29) is 18.0 Å². The molecule has 3 heterocycles. The Morgan fingerprint density at radius 2 is 2.15 bits per heavy atom. The molecule has 4 rings (SSSR count). The van der Waals surface area contributed by atoms with Gasteiger partial charge in [0.1, 0.15) is 12.7 Å². The third-order valence-corrected chi connectivity index (χ3v) is 4.77. The fourth-order valence-electron chi connectivity index (χ4n) is 3.40. The predicted molar refractivity (Wildman–Crippen MR) is 93.8 cm³/mol. The first-order valence-electron chi connectivity index (χ1n) is 8.40. The molecule has 0 unspecified atom stereocenters. The number of likely N-dealkylation sites (N-methyl/N-ethyl adjacent to an activating group) is 1. The van der Waals surface area contributed by atoms with Crippen molar-refractivity contribution in [2.45, 2.75) is 12.1 Å². The van der Waals surface area contributed by atoms with Crippen molar-refractivity contribution in [3.63, 3.8) is 0 Å². The second-order valence-electron chi connectivity index (χ2n) is 6.58. The van der Waals surface area contributed by atoms with Crippen LogP contribution in [0.3, 0.4) is 0 Å². The molecule has 0 radical (unpaired) electrons. The van der Waals surface area contributed by atoms with Gasteiger partial charge in [-0.1, -0.05) is 11.3 Å². The highest BCUT2D eigenvalue weighted by Crippen LogP contribution is 2.26. The molecule has 134 valence electrons. The minimum Gasteiger partial charge on any atom is -0.335 e. The molecular formula is C17H20N8O. The first-order valence-corrected chi connectivity index (χ1v) is 8.40. The van der Waals surface area contributed by atoms with Crippen molar-refractivity contribution >= 4 is 5.91 Å². The lowest BCUT2D eigenvalue weighted by atomic mass is 10.1. The van der Waals surface area contributed by atoms with Crippen LogP contribution in [0.1, 0.15) is 16.4 Å². The minimum absolute atomic E-state index is 0.00132. The fourth-order valence-corrected chi connectivity index (χ4v) is 3.40. The maximum absolute atomic E-state index is 13.1. The van der Waals surface area contributed by atoms with Crippen LogP contribution in [0.4, 0.5) is 0 Å². The van der Waals surface area contributed by atoms with Crippen LogP contribution in [-0.2, 0) is 0 Å². The molecule has 0 spiro atoms. The maximum Gasteiger partial charge on any atom is 0.254 e. The largest absolute Gasteiger partial charge is 0.335 e. The Labute approximate surface area is 150 Å². The number of aromatic nitrogens is 6. The first kappa shape index (κ1) is 16.4. The number of benzene rings is 1. The molecule has 1 saturated heterocycles. The van der Waals surface area contributed by atoms with Crippen LogP contribution in [0.5, 0.6) is 0 Å². The lowest BCUT2D eigenvalue weighted by molar-refractivity contribution is 0.0781. The molecule has 0 N–H and O–H groups in total. The summed E-state index contributed by atoms with van der Waals surface area (Å²) >= 11 is 0. The zero-order chi connectivity index (χ0) is 18.1. The molecule has 0 saturated carbocycles. The third kappa shape index (κ3) is 2.97. The quantitative estimate of drug-likeness (QED) is 0.679. The number of hydrogen-bond acceptors (Lipinski definition) is 6. The molecule has 9 nitrogen and oxygen atoms in total.